The highest BCUT2D eigenvalue weighted by Gasteiger charge is 2.39. The van der Waals surface area contributed by atoms with Gasteiger partial charge in [-0.05, 0) is 60.6 Å². The predicted octanol–water partition coefficient (Wildman–Crippen LogP) is 6.91. The Bertz CT molecular complexity index is 1290. The summed E-state index contributed by atoms with van der Waals surface area (Å²) in [6.07, 6.45) is 0. The van der Waals surface area contributed by atoms with Gasteiger partial charge in [-0.3, -0.25) is 9.69 Å². The van der Waals surface area contributed by atoms with E-state index in [-0.39, 0.29) is 5.91 Å². The summed E-state index contributed by atoms with van der Waals surface area (Å²) in [5, 5.41) is 2.24. The van der Waals surface area contributed by atoms with E-state index in [1.807, 2.05) is 60.7 Å². The van der Waals surface area contributed by atoms with Crippen molar-refractivity contribution in [2.75, 3.05) is 18.6 Å². The molecular weight excluding hydrogens is 486 g/mol. The summed E-state index contributed by atoms with van der Waals surface area (Å²) in [4.78, 5) is 24.3. The molecule has 1 amide bonds. The highest BCUT2D eigenvalue weighted by atomic mass is 35.5. The smallest absolute Gasteiger partial charge is 0.269 e. The van der Waals surface area contributed by atoms with E-state index in [4.69, 9.17) is 21.3 Å². The minimum Gasteiger partial charge on any atom is -0.497 e. The van der Waals surface area contributed by atoms with E-state index in [0.717, 1.165) is 39.2 Å². The molecule has 3 aromatic carbocycles. The van der Waals surface area contributed by atoms with Gasteiger partial charge >= 0.3 is 0 Å². The Labute approximate surface area is 212 Å². The number of carbonyl (C=O) groups is 1. The number of anilines is 1. The molecule has 1 saturated heterocycles. The van der Waals surface area contributed by atoms with Crippen LogP contribution in [0.2, 0.25) is 5.02 Å². The number of aliphatic imine (C=N–C) groups is 1. The van der Waals surface area contributed by atoms with Crippen molar-refractivity contribution in [3.05, 3.63) is 93.3 Å². The second-order valence-corrected chi connectivity index (χ2v) is 10.1. The number of amides is 1. The molecule has 0 atom stereocenters. The zero-order valence-corrected chi connectivity index (χ0v) is 21.1. The summed E-state index contributed by atoms with van der Waals surface area (Å²) in [6.45, 7) is 3.28. The maximum absolute atomic E-state index is 13.8. The summed E-state index contributed by atoms with van der Waals surface area (Å²) < 4.78 is 5.43. The molecule has 34 heavy (non-hydrogen) atoms. The van der Waals surface area contributed by atoms with Crippen molar-refractivity contribution in [1.82, 2.24) is 4.90 Å². The number of benzene rings is 3. The summed E-state index contributed by atoms with van der Waals surface area (Å²) in [5.74, 6) is 0.757. The van der Waals surface area contributed by atoms with Crippen LogP contribution in [-0.4, -0.2) is 29.6 Å². The van der Waals surface area contributed by atoms with E-state index in [0.29, 0.717) is 21.6 Å². The standard InChI is InChI=1S/C26H22ClN3O2S2/c1-3-29-21-15-20(32-2)13-14-22(21)33-25(29)23-24(31)30(16-17-7-5-4-6-8-17)26(34-23)28-19-11-9-18(27)10-12-19/h4-15H,3,16H2,1-2H3/b25-23-,28-26?. The average molecular weight is 508 g/mol. The van der Waals surface area contributed by atoms with E-state index >= 15 is 0 Å². The predicted molar refractivity (Wildman–Crippen MR) is 142 cm³/mol. The molecule has 8 heteroatoms. The van der Waals surface area contributed by atoms with Gasteiger partial charge < -0.3 is 9.64 Å². The van der Waals surface area contributed by atoms with E-state index in [1.165, 1.54) is 11.8 Å². The summed E-state index contributed by atoms with van der Waals surface area (Å²) in [7, 11) is 1.66. The van der Waals surface area contributed by atoms with Crippen molar-refractivity contribution >= 4 is 57.6 Å². The maximum Gasteiger partial charge on any atom is 0.269 e. The van der Waals surface area contributed by atoms with Gasteiger partial charge in [-0.1, -0.05) is 53.7 Å². The Morgan fingerprint density at radius 1 is 0.971 bits per heavy atom. The number of hydrogen-bond donors (Lipinski definition) is 0. The van der Waals surface area contributed by atoms with Gasteiger partial charge in [-0.15, -0.1) is 0 Å². The van der Waals surface area contributed by atoms with Gasteiger partial charge in [0, 0.05) is 22.5 Å². The zero-order chi connectivity index (χ0) is 23.7. The number of fused-ring (bicyclic) bond motifs is 1. The number of methoxy groups -OCH3 is 1. The normalized spacial score (nSPS) is 18.7. The van der Waals surface area contributed by atoms with Gasteiger partial charge in [0.15, 0.2) is 5.17 Å². The van der Waals surface area contributed by atoms with E-state index < -0.39 is 0 Å². The van der Waals surface area contributed by atoms with Gasteiger partial charge in [0.25, 0.3) is 5.91 Å². The first-order valence-corrected chi connectivity index (χ1v) is 12.8. The fraction of sp³-hybridized carbons (Fsp3) is 0.154. The van der Waals surface area contributed by atoms with Crippen LogP contribution in [0.4, 0.5) is 11.4 Å². The van der Waals surface area contributed by atoms with Crippen molar-refractivity contribution in [3.8, 4) is 5.75 Å². The number of thioether (sulfide) groups is 2. The van der Waals surface area contributed by atoms with Crippen LogP contribution in [0.1, 0.15) is 12.5 Å². The lowest BCUT2D eigenvalue weighted by molar-refractivity contribution is -0.122. The number of hydrogen-bond acceptors (Lipinski definition) is 6. The topological polar surface area (TPSA) is 45.1 Å². The fourth-order valence-electron chi connectivity index (χ4n) is 3.82. The number of rotatable bonds is 5. The van der Waals surface area contributed by atoms with Crippen molar-refractivity contribution < 1.29 is 9.53 Å². The Balaban J connectivity index is 1.56. The Kier molecular flexibility index (Phi) is 6.59. The molecule has 0 bridgehead atoms. The summed E-state index contributed by atoms with van der Waals surface area (Å²) in [5.41, 5.74) is 2.86. The molecule has 0 N–H and O–H groups in total. The van der Waals surface area contributed by atoms with E-state index in [9.17, 15) is 4.79 Å². The molecule has 0 unspecified atom stereocenters. The van der Waals surface area contributed by atoms with Crippen LogP contribution >= 0.6 is 35.1 Å². The maximum atomic E-state index is 13.8. The molecule has 0 aliphatic carbocycles. The third-order valence-electron chi connectivity index (χ3n) is 5.52. The van der Waals surface area contributed by atoms with Crippen molar-refractivity contribution in [2.45, 2.75) is 18.4 Å². The summed E-state index contributed by atoms with van der Waals surface area (Å²) in [6, 6.07) is 23.3. The average Bonchev–Trinajstić information content (AvgIpc) is 3.37. The number of nitrogens with zero attached hydrogens (tertiary/aromatic N) is 3. The quantitative estimate of drug-likeness (QED) is 0.351. The molecule has 0 radical (unpaired) electrons. The van der Waals surface area contributed by atoms with Crippen LogP contribution in [0.5, 0.6) is 5.75 Å². The molecule has 2 aliphatic rings. The highest BCUT2D eigenvalue weighted by Crippen LogP contribution is 2.51. The lowest BCUT2D eigenvalue weighted by atomic mass is 10.2. The molecule has 5 nitrogen and oxygen atoms in total. The summed E-state index contributed by atoms with van der Waals surface area (Å²) >= 11 is 9.09. The molecule has 5 rings (SSSR count). The second-order valence-electron chi connectivity index (χ2n) is 7.66. The third kappa shape index (κ3) is 4.43. The lowest BCUT2D eigenvalue weighted by Crippen LogP contribution is -2.29. The minimum absolute atomic E-state index is 0.0395. The largest absolute Gasteiger partial charge is 0.497 e. The monoisotopic (exact) mass is 507 g/mol. The first kappa shape index (κ1) is 22.9. The molecule has 0 aromatic heterocycles. The molecule has 1 fully saturated rings. The van der Waals surface area contributed by atoms with Gasteiger partial charge in [-0.25, -0.2) is 4.99 Å². The molecule has 0 saturated carbocycles. The van der Waals surface area contributed by atoms with E-state index in [1.54, 1.807) is 35.9 Å². The van der Waals surface area contributed by atoms with Crippen molar-refractivity contribution in [1.29, 1.82) is 0 Å². The van der Waals surface area contributed by atoms with E-state index in [2.05, 4.69) is 11.8 Å². The number of halogens is 1. The van der Waals surface area contributed by atoms with Gasteiger partial charge in [0.2, 0.25) is 0 Å². The van der Waals surface area contributed by atoms with Crippen LogP contribution in [0.25, 0.3) is 0 Å². The number of ether oxygens (including phenoxy) is 1. The lowest BCUT2D eigenvalue weighted by Gasteiger charge is -2.19. The number of amidine groups is 1. The Morgan fingerprint density at radius 3 is 2.44 bits per heavy atom. The first-order chi connectivity index (χ1) is 16.6. The van der Waals surface area contributed by atoms with Gasteiger partial charge in [-0.2, -0.15) is 0 Å². The van der Waals surface area contributed by atoms with Crippen LogP contribution in [-0.2, 0) is 11.3 Å². The van der Waals surface area contributed by atoms with Crippen molar-refractivity contribution in [2.24, 2.45) is 4.99 Å². The van der Waals surface area contributed by atoms with Crippen molar-refractivity contribution in [3.63, 3.8) is 0 Å². The van der Waals surface area contributed by atoms with Crippen LogP contribution in [0.15, 0.2) is 92.6 Å². The minimum atomic E-state index is -0.0395. The Hall–Kier alpha value is -2.87. The van der Waals surface area contributed by atoms with Crippen LogP contribution < -0.4 is 9.64 Å². The van der Waals surface area contributed by atoms with Crippen LogP contribution in [0.3, 0.4) is 0 Å². The van der Waals surface area contributed by atoms with Gasteiger partial charge in [0.05, 0.1) is 25.0 Å². The van der Waals surface area contributed by atoms with Gasteiger partial charge in [0.1, 0.15) is 15.7 Å². The molecule has 3 aromatic rings. The highest BCUT2D eigenvalue weighted by molar-refractivity contribution is 8.19. The second kappa shape index (κ2) is 9.78. The first-order valence-electron chi connectivity index (χ1n) is 10.8. The third-order valence-corrected chi connectivity index (χ3v) is 8.15. The molecule has 172 valence electrons. The Morgan fingerprint density at radius 2 is 1.74 bits per heavy atom. The fourth-order valence-corrected chi connectivity index (χ4v) is 6.32. The SMILES string of the molecule is CCN1/C(=C2/SC(=Nc3ccc(Cl)cc3)N(Cc3ccccc3)C2=O)Sc2ccc(OC)cc21. The molecule has 0 spiro atoms. The van der Waals surface area contributed by atoms with Crippen LogP contribution in [0, 0.1) is 0 Å². The molecule has 2 heterocycles. The molecule has 2 aliphatic heterocycles. The number of carbonyl (C=O) groups excluding carboxylic acids is 1. The zero-order valence-electron chi connectivity index (χ0n) is 18.7. The molecular formula is C26H22ClN3O2S2.